The largest absolute Gasteiger partial charge is 0.219 e. The predicted octanol–water partition coefficient (Wildman–Crippen LogP) is 4.34. The molecule has 0 N–H and O–H groups in total. The molecule has 2 aromatic rings. The van der Waals surface area contributed by atoms with Crippen molar-refractivity contribution in [3.05, 3.63) is 39.6 Å². The van der Waals surface area contributed by atoms with Gasteiger partial charge in [-0.1, -0.05) is 44.3 Å². The van der Waals surface area contributed by atoms with Gasteiger partial charge in [-0.25, -0.2) is 4.68 Å². The second-order valence-electron chi connectivity index (χ2n) is 3.76. The van der Waals surface area contributed by atoms with Crippen molar-refractivity contribution in [2.45, 2.75) is 18.7 Å². The van der Waals surface area contributed by atoms with Gasteiger partial charge >= 0.3 is 0 Å². The first-order valence-corrected chi connectivity index (χ1v) is 6.68. The van der Waals surface area contributed by atoms with E-state index in [0.29, 0.717) is 10.0 Å². The molecule has 0 aliphatic rings. The van der Waals surface area contributed by atoms with E-state index in [0.717, 1.165) is 16.9 Å². The monoisotopic (exact) mass is 333 g/mol. The molecule has 0 fully saturated rings. The summed E-state index contributed by atoms with van der Waals surface area (Å²) in [5, 5.41) is 9.35. The van der Waals surface area contributed by atoms with Gasteiger partial charge in [-0.05, 0) is 31.5 Å². The van der Waals surface area contributed by atoms with Crippen molar-refractivity contribution in [2.24, 2.45) is 0 Å². The number of rotatable bonds is 2. The maximum atomic E-state index is 6.17. The third kappa shape index (κ3) is 2.64. The fraction of sp³-hybridized carbons (Fsp3) is 0.273. The van der Waals surface area contributed by atoms with E-state index in [2.05, 4.69) is 26.2 Å². The zero-order valence-electron chi connectivity index (χ0n) is 9.28. The molecule has 1 atom stereocenters. The molecule has 1 heterocycles. The Morgan fingerprint density at radius 2 is 2.00 bits per heavy atom. The maximum Gasteiger partial charge on any atom is 0.0965 e. The van der Waals surface area contributed by atoms with Gasteiger partial charge in [0.1, 0.15) is 0 Å². The highest BCUT2D eigenvalue weighted by Gasteiger charge is 2.11. The van der Waals surface area contributed by atoms with E-state index < -0.39 is 0 Å². The molecule has 0 aliphatic heterocycles. The van der Waals surface area contributed by atoms with Gasteiger partial charge in [0.25, 0.3) is 0 Å². The van der Waals surface area contributed by atoms with E-state index >= 15 is 0 Å². The number of hydrogen-bond acceptors (Lipinski definition) is 2. The van der Waals surface area contributed by atoms with Crippen LogP contribution in [0.1, 0.15) is 23.0 Å². The molecule has 0 amide bonds. The number of halogens is 3. The molecule has 1 aromatic heterocycles. The van der Waals surface area contributed by atoms with Crippen LogP contribution < -0.4 is 0 Å². The molecule has 0 radical (unpaired) electrons. The Bertz CT molecular complexity index is 552. The Morgan fingerprint density at radius 1 is 1.29 bits per heavy atom. The summed E-state index contributed by atoms with van der Waals surface area (Å²) >= 11 is 15.7. The van der Waals surface area contributed by atoms with Gasteiger partial charge in [0.2, 0.25) is 0 Å². The number of alkyl halides is 1. The Kier molecular flexibility index (Phi) is 3.76. The molecule has 2 rings (SSSR count). The third-order valence-corrected chi connectivity index (χ3v) is 3.57. The summed E-state index contributed by atoms with van der Waals surface area (Å²) < 4.78 is 1.63. The number of benzene rings is 1. The van der Waals surface area contributed by atoms with Crippen molar-refractivity contribution in [3.63, 3.8) is 0 Å². The summed E-state index contributed by atoms with van der Waals surface area (Å²) in [5.41, 5.74) is 2.52. The second-order valence-corrected chi connectivity index (χ2v) is 5.94. The molecular weight excluding hydrogens is 325 g/mol. The topological polar surface area (TPSA) is 30.7 Å². The lowest BCUT2D eigenvalue weighted by atomic mass is 10.2. The molecule has 90 valence electrons. The van der Waals surface area contributed by atoms with Crippen LogP contribution in [0.4, 0.5) is 0 Å². The molecular formula is C11H10BrCl2N3. The number of aromatic nitrogens is 3. The van der Waals surface area contributed by atoms with Crippen LogP contribution in [0.5, 0.6) is 0 Å². The Labute approximate surface area is 118 Å². The summed E-state index contributed by atoms with van der Waals surface area (Å²) in [6.45, 7) is 3.89. The van der Waals surface area contributed by atoms with Crippen LogP contribution in [0.25, 0.3) is 5.69 Å². The number of hydrogen-bond donors (Lipinski definition) is 0. The molecule has 3 nitrogen and oxygen atoms in total. The Morgan fingerprint density at radius 3 is 2.59 bits per heavy atom. The average Bonchev–Trinajstić information content (AvgIpc) is 2.72. The van der Waals surface area contributed by atoms with Crippen molar-refractivity contribution >= 4 is 39.1 Å². The molecule has 6 heteroatoms. The van der Waals surface area contributed by atoms with Crippen molar-refractivity contribution in [1.29, 1.82) is 0 Å². The van der Waals surface area contributed by atoms with Crippen molar-refractivity contribution in [2.75, 3.05) is 0 Å². The third-order valence-electron chi connectivity index (χ3n) is 2.39. The molecule has 1 unspecified atom stereocenters. The molecule has 0 bridgehead atoms. The lowest BCUT2D eigenvalue weighted by Crippen LogP contribution is -1.96. The highest BCUT2D eigenvalue weighted by Crippen LogP contribution is 2.28. The highest BCUT2D eigenvalue weighted by atomic mass is 79.9. The fourth-order valence-corrected chi connectivity index (χ4v) is 2.06. The van der Waals surface area contributed by atoms with E-state index in [1.165, 1.54) is 0 Å². The quantitative estimate of drug-likeness (QED) is 0.765. The minimum atomic E-state index is 0.149. The van der Waals surface area contributed by atoms with E-state index in [1.54, 1.807) is 10.7 Å². The summed E-state index contributed by atoms with van der Waals surface area (Å²) in [6, 6.07) is 3.61. The second kappa shape index (κ2) is 4.96. The molecule has 0 spiro atoms. The van der Waals surface area contributed by atoms with Gasteiger partial charge in [0.05, 0.1) is 27.4 Å². The smallest absolute Gasteiger partial charge is 0.0965 e. The van der Waals surface area contributed by atoms with Crippen molar-refractivity contribution in [3.8, 4) is 5.69 Å². The summed E-state index contributed by atoms with van der Waals surface area (Å²) in [4.78, 5) is 0.149. The van der Waals surface area contributed by atoms with Crippen LogP contribution in [0.2, 0.25) is 10.0 Å². The maximum absolute atomic E-state index is 6.17. The summed E-state index contributed by atoms with van der Waals surface area (Å²) in [6.07, 6.45) is 1.83. The van der Waals surface area contributed by atoms with Crippen LogP contribution in [-0.2, 0) is 0 Å². The molecule has 0 saturated carbocycles. The van der Waals surface area contributed by atoms with Crippen molar-refractivity contribution in [1.82, 2.24) is 15.0 Å². The van der Waals surface area contributed by atoms with Crippen LogP contribution >= 0.6 is 39.1 Å². The predicted molar refractivity (Wildman–Crippen MR) is 73.5 cm³/mol. The lowest BCUT2D eigenvalue weighted by Gasteiger charge is -2.06. The molecule has 1 aromatic carbocycles. The Hall–Kier alpha value is -0.580. The summed E-state index contributed by atoms with van der Waals surface area (Å²) in [7, 11) is 0. The minimum Gasteiger partial charge on any atom is -0.219 e. The highest BCUT2D eigenvalue weighted by molar-refractivity contribution is 9.09. The number of aryl methyl sites for hydroxylation is 1. The first kappa shape index (κ1) is 12.9. The molecule has 17 heavy (non-hydrogen) atoms. The van der Waals surface area contributed by atoms with Gasteiger partial charge in [0, 0.05) is 5.02 Å². The van der Waals surface area contributed by atoms with E-state index in [4.69, 9.17) is 23.2 Å². The van der Waals surface area contributed by atoms with Crippen molar-refractivity contribution < 1.29 is 0 Å². The zero-order chi connectivity index (χ0) is 12.6. The molecule has 0 saturated heterocycles. The average molecular weight is 335 g/mol. The fourth-order valence-electron chi connectivity index (χ4n) is 1.39. The number of nitrogens with zero attached hydrogens (tertiary/aromatic N) is 3. The van der Waals surface area contributed by atoms with Crippen LogP contribution in [0.15, 0.2) is 18.3 Å². The minimum absolute atomic E-state index is 0.149. The summed E-state index contributed by atoms with van der Waals surface area (Å²) in [5.74, 6) is 0. The van der Waals surface area contributed by atoms with Gasteiger partial charge in [-0.2, -0.15) is 0 Å². The lowest BCUT2D eigenvalue weighted by molar-refractivity contribution is 0.797. The first-order chi connectivity index (χ1) is 7.99. The van der Waals surface area contributed by atoms with Crippen LogP contribution in [0.3, 0.4) is 0 Å². The van der Waals surface area contributed by atoms with E-state index in [1.807, 2.05) is 26.1 Å². The van der Waals surface area contributed by atoms with Gasteiger partial charge in [0.15, 0.2) is 0 Å². The SMILES string of the molecule is Cc1cc(Cl)c(-n2cc(C(C)Br)nn2)cc1Cl. The Balaban J connectivity index is 2.49. The molecule has 0 aliphatic carbocycles. The zero-order valence-corrected chi connectivity index (χ0v) is 12.4. The first-order valence-electron chi connectivity index (χ1n) is 5.01. The van der Waals surface area contributed by atoms with Crippen LogP contribution in [0, 0.1) is 6.92 Å². The van der Waals surface area contributed by atoms with Crippen LogP contribution in [-0.4, -0.2) is 15.0 Å². The van der Waals surface area contributed by atoms with Gasteiger partial charge < -0.3 is 0 Å². The van der Waals surface area contributed by atoms with Gasteiger partial charge in [-0.15, -0.1) is 5.10 Å². The van der Waals surface area contributed by atoms with E-state index in [9.17, 15) is 0 Å². The van der Waals surface area contributed by atoms with Gasteiger partial charge in [-0.3, -0.25) is 0 Å². The normalized spacial score (nSPS) is 12.8. The standard InChI is InChI=1S/C11H10BrCl2N3/c1-6-3-9(14)11(4-8(6)13)17-5-10(7(2)12)15-16-17/h3-5,7H,1-2H3. The van der Waals surface area contributed by atoms with E-state index in [-0.39, 0.29) is 4.83 Å².